The Labute approximate surface area is 396 Å². The molecule has 28 heteroatoms. The van der Waals surface area contributed by atoms with Crippen molar-refractivity contribution < 1.29 is 113 Å². The van der Waals surface area contributed by atoms with Gasteiger partial charge in [-0.1, -0.05) is 52.0 Å². The van der Waals surface area contributed by atoms with Gasteiger partial charge in [0.2, 0.25) is 0 Å². The summed E-state index contributed by atoms with van der Waals surface area (Å²) in [5.41, 5.74) is 0.822. The summed E-state index contributed by atoms with van der Waals surface area (Å²) in [7, 11) is -1.25. The number of ether oxygens (including phenoxy) is 4. The second-order valence-electron chi connectivity index (χ2n) is 16.5. The van der Waals surface area contributed by atoms with Crippen molar-refractivity contribution in [2.45, 2.75) is 131 Å². The van der Waals surface area contributed by atoms with Gasteiger partial charge in [0, 0.05) is 25.3 Å². The van der Waals surface area contributed by atoms with Gasteiger partial charge in [0.05, 0.1) is 19.8 Å². The lowest BCUT2D eigenvalue weighted by atomic mass is 9.88. The molecule has 0 bridgehead atoms. The van der Waals surface area contributed by atoms with Crippen LogP contribution in [0.5, 0.6) is 11.5 Å². The highest BCUT2D eigenvalue weighted by molar-refractivity contribution is 6.76. The van der Waals surface area contributed by atoms with Gasteiger partial charge in [-0.15, -0.1) is 0 Å². The zero-order chi connectivity index (χ0) is 54.8. The third-order valence-electron chi connectivity index (χ3n) is 11.2. The van der Waals surface area contributed by atoms with E-state index in [1.165, 1.54) is 83.8 Å². The summed E-state index contributed by atoms with van der Waals surface area (Å²) in [5.74, 6) is -57.1. The van der Waals surface area contributed by atoms with E-state index in [9.17, 15) is 75.4 Å². The van der Waals surface area contributed by atoms with Gasteiger partial charge >= 0.3 is 53.7 Å². The van der Waals surface area contributed by atoms with Crippen molar-refractivity contribution in [1.29, 1.82) is 0 Å². The third-order valence-corrected chi connectivity index (χ3v) is 16.9. The first kappa shape index (κ1) is 62.3. The number of nitrogens with one attached hydrogen (secondary N) is 2. The maximum atomic E-state index is 15.1. The molecular formula is C43H51F17N2O8Si. The van der Waals surface area contributed by atoms with Crippen LogP contribution in [0.15, 0.2) is 72.3 Å². The van der Waals surface area contributed by atoms with Gasteiger partial charge in [-0.3, -0.25) is 15.3 Å². The van der Waals surface area contributed by atoms with Gasteiger partial charge < -0.3 is 23.4 Å². The first-order chi connectivity index (χ1) is 32.4. The van der Waals surface area contributed by atoms with Crippen LogP contribution in [0.25, 0.3) is 0 Å². The lowest BCUT2D eigenvalue weighted by molar-refractivity contribution is -0.461. The Hall–Kier alpha value is -4.83. The lowest BCUT2D eigenvalue weighted by Crippen LogP contribution is -2.74. The molecule has 0 fully saturated rings. The molecule has 71 heavy (non-hydrogen) atoms. The van der Waals surface area contributed by atoms with Crippen molar-refractivity contribution in [2.24, 2.45) is 0 Å². The highest BCUT2D eigenvalue weighted by Crippen LogP contribution is 2.64. The van der Waals surface area contributed by atoms with Crippen LogP contribution >= 0.6 is 0 Å². The molecule has 2 aromatic carbocycles. The second kappa shape index (κ2) is 23.8. The number of rotatable bonds is 27. The zero-order valence-electron chi connectivity index (χ0n) is 38.6. The Morgan fingerprint density at radius 3 is 1.65 bits per heavy atom. The SMILES string of the molecule is COc1ccc(NC(=O)O[C@@H](c2ccc(OCCO[Si](CCC(F)(F)C(F)(F)C(F)(F)C(F)(F)C(F)(F)C(F)(F)C(F)(F)C(F)(F)F)(C(C)C)C(C)C)cc2)[C@H](CC/C=C/C(C)=C/C(=O)NO)OC)cc1. The van der Waals surface area contributed by atoms with Crippen LogP contribution in [0.1, 0.15) is 65.5 Å². The molecule has 0 aliphatic heterocycles. The Balaban J connectivity index is 2.33. The third kappa shape index (κ3) is 13.6. The predicted molar refractivity (Wildman–Crippen MR) is 223 cm³/mol. The monoisotopic (exact) mass is 1070 g/mol. The highest BCUT2D eigenvalue weighted by atomic mass is 28.4. The van der Waals surface area contributed by atoms with Gasteiger partial charge in [0.1, 0.15) is 18.1 Å². The molecule has 2 aromatic rings. The summed E-state index contributed by atoms with van der Waals surface area (Å²) in [5, 5.41) is 11.3. The number of anilines is 1. The molecular weight excluding hydrogens is 1020 g/mol. The fourth-order valence-corrected chi connectivity index (χ4v) is 11.5. The van der Waals surface area contributed by atoms with Crippen LogP contribution in [0.4, 0.5) is 85.1 Å². The number of hydroxylamine groups is 1. The number of amides is 2. The van der Waals surface area contributed by atoms with Crippen molar-refractivity contribution >= 4 is 26.0 Å². The second-order valence-corrected chi connectivity index (χ2v) is 21.5. The minimum Gasteiger partial charge on any atom is -0.497 e. The quantitative estimate of drug-likeness (QED) is 0.0154. The Morgan fingerprint density at radius 2 is 1.18 bits per heavy atom. The van der Waals surface area contributed by atoms with Gasteiger partial charge in [0.15, 0.2) is 14.4 Å². The molecule has 0 saturated heterocycles. The van der Waals surface area contributed by atoms with E-state index >= 15 is 8.78 Å². The lowest BCUT2D eigenvalue weighted by Gasteiger charge is -2.44. The van der Waals surface area contributed by atoms with Crippen molar-refractivity contribution in [3.63, 3.8) is 0 Å². The summed E-state index contributed by atoms with van der Waals surface area (Å²) < 4.78 is 265. The van der Waals surface area contributed by atoms with Crippen molar-refractivity contribution in [3.05, 3.63) is 77.9 Å². The van der Waals surface area contributed by atoms with E-state index in [0.29, 0.717) is 29.0 Å². The first-order valence-electron chi connectivity index (χ1n) is 20.9. The van der Waals surface area contributed by atoms with Crippen LogP contribution in [-0.2, 0) is 18.7 Å². The van der Waals surface area contributed by atoms with Gasteiger partial charge in [0.25, 0.3) is 5.91 Å². The highest BCUT2D eigenvalue weighted by Gasteiger charge is 2.95. The molecule has 0 heterocycles. The summed E-state index contributed by atoms with van der Waals surface area (Å²) in [4.78, 5) is 24.5. The maximum absolute atomic E-state index is 15.1. The largest absolute Gasteiger partial charge is 0.497 e. The molecule has 0 saturated carbocycles. The van der Waals surface area contributed by atoms with E-state index in [1.54, 1.807) is 31.2 Å². The Bertz CT molecular complexity index is 2100. The number of hydrogen-bond donors (Lipinski definition) is 3. The van der Waals surface area contributed by atoms with E-state index in [1.807, 2.05) is 0 Å². The Morgan fingerprint density at radius 1 is 0.690 bits per heavy atom. The molecule has 2 atom stereocenters. The van der Waals surface area contributed by atoms with E-state index in [2.05, 4.69) is 5.32 Å². The summed E-state index contributed by atoms with van der Waals surface area (Å²) in [6, 6.07) is 10.6. The zero-order valence-corrected chi connectivity index (χ0v) is 39.6. The van der Waals surface area contributed by atoms with Crippen LogP contribution in [0.2, 0.25) is 17.1 Å². The first-order valence-corrected chi connectivity index (χ1v) is 23.2. The van der Waals surface area contributed by atoms with E-state index < -0.39 is 117 Å². The fourth-order valence-electron chi connectivity index (χ4n) is 7.01. The minimum absolute atomic E-state index is 0.0935. The van der Waals surface area contributed by atoms with E-state index in [0.717, 1.165) is 6.08 Å². The number of carbonyl (C=O) groups is 2. The summed E-state index contributed by atoms with van der Waals surface area (Å²) in [6.45, 7) is 5.84. The van der Waals surface area contributed by atoms with Crippen LogP contribution in [0.3, 0.4) is 0 Å². The number of carbonyl (C=O) groups excluding carboxylic acids is 2. The van der Waals surface area contributed by atoms with Crippen LogP contribution in [0, 0.1) is 0 Å². The number of benzene rings is 2. The number of alkyl halides is 17. The average molecular weight is 1070 g/mol. The van der Waals surface area contributed by atoms with Gasteiger partial charge in [-0.05, 0) is 84.4 Å². The average Bonchev–Trinajstić information content (AvgIpc) is 3.27. The molecule has 10 nitrogen and oxygen atoms in total. The Kier molecular flexibility index (Phi) is 20.9. The van der Waals surface area contributed by atoms with E-state index in [-0.39, 0.29) is 12.2 Å². The van der Waals surface area contributed by atoms with Crippen molar-refractivity contribution in [1.82, 2.24) is 5.48 Å². The van der Waals surface area contributed by atoms with Gasteiger partial charge in [-0.2, -0.15) is 74.6 Å². The van der Waals surface area contributed by atoms with Crippen LogP contribution in [-0.4, -0.2) is 107 Å². The molecule has 0 aliphatic rings. The normalized spacial score (nSPS) is 15.0. The molecule has 0 radical (unpaired) electrons. The predicted octanol–water partition coefficient (Wildman–Crippen LogP) is 13.3. The molecule has 0 aromatic heterocycles. The molecule has 0 aliphatic carbocycles. The topological polar surface area (TPSA) is 125 Å². The summed E-state index contributed by atoms with van der Waals surface area (Å²) >= 11 is 0. The number of allylic oxidation sites excluding steroid dienone is 3. The molecule has 2 rings (SSSR count). The molecule has 0 spiro atoms. The van der Waals surface area contributed by atoms with Crippen molar-refractivity contribution in [2.75, 3.05) is 32.8 Å². The molecule has 404 valence electrons. The van der Waals surface area contributed by atoms with Crippen LogP contribution < -0.4 is 20.3 Å². The number of hydrogen-bond acceptors (Lipinski definition) is 8. The minimum atomic E-state index is -8.71. The van der Waals surface area contributed by atoms with Crippen molar-refractivity contribution in [3.8, 4) is 11.5 Å². The number of methoxy groups -OCH3 is 2. The van der Waals surface area contributed by atoms with E-state index in [4.69, 9.17) is 28.6 Å². The summed E-state index contributed by atoms with van der Waals surface area (Å²) in [6.07, 6.45) is -8.28. The molecule has 3 N–H and O–H groups in total. The molecule has 2 amide bonds. The number of halogens is 17. The maximum Gasteiger partial charge on any atom is 0.460 e. The standard InChI is InChI=1S/C43H51F17N2O8Si/c1-25(2)71(26(3)4,23-20-36(44,45)37(46,47)38(48,49)39(50,51)40(52,53)41(54,55)42(56,57)43(58,59)60)69-22-21-68-31-16-12-28(13-17-31)34(70-35(64)61-29-14-18-30(66-6)19-15-29)32(67-7)11-9-8-10-27(5)24-33(63)62-65/h8,10,12-19,24-26,32,34,65H,9,11,20-23H2,1-7H3,(H,61,64)(H,62,63)/b10-8+,27-24+/t32-,34-/m0/s1. The van der Waals surface area contributed by atoms with Gasteiger partial charge in [-0.25, -0.2) is 10.3 Å². The molecule has 0 unspecified atom stereocenters. The fraction of sp³-hybridized carbons (Fsp3) is 0.581. The smallest absolute Gasteiger partial charge is 0.460 e.